The first-order valence-corrected chi connectivity index (χ1v) is 7.07. The molecule has 0 saturated heterocycles. The zero-order valence-corrected chi connectivity index (χ0v) is 11.1. The van der Waals surface area contributed by atoms with Gasteiger partial charge in [0.1, 0.15) is 3.70 Å². The zero-order valence-electron chi connectivity index (χ0n) is 8.10. The predicted molar refractivity (Wildman–Crippen MR) is 63.6 cm³/mol. The van der Waals surface area contributed by atoms with Crippen molar-refractivity contribution in [3.05, 3.63) is 21.8 Å². The Morgan fingerprint density at radius 3 is 2.73 bits per heavy atom. The molecule has 7 heteroatoms. The molecule has 0 aliphatic rings. The molecule has 0 bridgehead atoms. The molecule has 0 fully saturated rings. The van der Waals surface area contributed by atoms with Crippen LogP contribution in [0, 0.1) is 10.6 Å². The van der Waals surface area contributed by atoms with E-state index in [0.717, 1.165) is 9.96 Å². The van der Waals surface area contributed by atoms with Crippen LogP contribution in [0.5, 0.6) is 0 Å². The SMILES string of the molecule is Cc1cn2c(I)cnc2c(S(C)(=O)=O)n1. The van der Waals surface area contributed by atoms with Gasteiger partial charge in [-0.15, -0.1) is 0 Å². The summed E-state index contributed by atoms with van der Waals surface area (Å²) in [6, 6.07) is 0. The number of hydrogen-bond donors (Lipinski definition) is 0. The van der Waals surface area contributed by atoms with Crippen LogP contribution in [0.25, 0.3) is 5.65 Å². The number of halogens is 1. The van der Waals surface area contributed by atoms with Crippen LogP contribution < -0.4 is 0 Å². The molecule has 0 aromatic carbocycles. The summed E-state index contributed by atoms with van der Waals surface area (Å²) in [5.74, 6) is 0. The minimum Gasteiger partial charge on any atom is -0.291 e. The van der Waals surface area contributed by atoms with Crippen LogP contribution >= 0.6 is 22.6 Å². The van der Waals surface area contributed by atoms with Crippen molar-refractivity contribution in [2.24, 2.45) is 0 Å². The third kappa shape index (κ3) is 1.85. The minimum atomic E-state index is -3.34. The fourth-order valence-electron chi connectivity index (χ4n) is 1.30. The van der Waals surface area contributed by atoms with E-state index in [2.05, 4.69) is 32.6 Å². The molecule has 0 N–H and O–H groups in total. The van der Waals surface area contributed by atoms with E-state index in [1.54, 1.807) is 23.7 Å². The summed E-state index contributed by atoms with van der Waals surface area (Å²) in [5, 5.41) is 0.0328. The summed E-state index contributed by atoms with van der Waals surface area (Å²) in [6.45, 7) is 1.75. The summed E-state index contributed by atoms with van der Waals surface area (Å²) in [7, 11) is -3.34. The molecular weight excluding hydrogens is 329 g/mol. The lowest BCUT2D eigenvalue weighted by atomic mass is 10.5. The average molecular weight is 337 g/mol. The van der Waals surface area contributed by atoms with Crippen molar-refractivity contribution in [2.45, 2.75) is 11.9 Å². The Bertz CT molecular complexity index is 633. The molecule has 0 spiro atoms. The van der Waals surface area contributed by atoms with E-state index in [4.69, 9.17) is 0 Å². The minimum absolute atomic E-state index is 0.0328. The number of hydrogen-bond acceptors (Lipinski definition) is 4. The first-order valence-electron chi connectivity index (χ1n) is 4.10. The standard InChI is InChI=1S/C8H8IN3O2S/c1-5-4-12-6(9)3-10-7(12)8(11-5)15(2,13)14/h3-4H,1-2H3. The molecule has 0 aliphatic carbocycles. The summed E-state index contributed by atoms with van der Waals surface area (Å²) in [6.07, 6.45) is 4.51. The van der Waals surface area contributed by atoms with Gasteiger partial charge >= 0.3 is 0 Å². The molecule has 0 radical (unpaired) electrons. The van der Waals surface area contributed by atoms with E-state index in [1.165, 1.54) is 0 Å². The fraction of sp³-hybridized carbons (Fsp3) is 0.250. The smallest absolute Gasteiger partial charge is 0.198 e. The van der Waals surface area contributed by atoms with Crippen LogP contribution in [0.3, 0.4) is 0 Å². The molecular formula is C8H8IN3O2S. The highest BCUT2D eigenvalue weighted by atomic mass is 127. The number of imidazole rings is 1. The second-order valence-corrected chi connectivity index (χ2v) is 6.27. The molecule has 15 heavy (non-hydrogen) atoms. The van der Waals surface area contributed by atoms with Crippen molar-refractivity contribution in [1.29, 1.82) is 0 Å². The Labute approximate surface area is 101 Å². The monoisotopic (exact) mass is 337 g/mol. The highest BCUT2D eigenvalue weighted by molar-refractivity contribution is 14.1. The van der Waals surface area contributed by atoms with Crippen molar-refractivity contribution in [3.8, 4) is 0 Å². The number of aryl methyl sites for hydroxylation is 1. The van der Waals surface area contributed by atoms with E-state index in [0.29, 0.717) is 11.3 Å². The van der Waals surface area contributed by atoms with E-state index in [1.807, 2.05) is 0 Å². The number of aromatic nitrogens is 3. The lowest BCUT2D eigenvalue weighted by Gasteiger charge is -2.02. The molecule has 2 aromatic heterocycles. The summed E-state index contributed by atoms with van der Waals surface area (Å²) < 4.78 is 25.6. The first kappa shape index (κ1) is 10.8. The maximum atomic E-state index is 11.5. The maximum absolute atomic E-state index is 11.5. The molecule has 5 nitrogen and oxygen atoms in total. The Morgan fingerprint density at radius 2 is 2.13 bits per heavy atom. The molecule has 0 amide bonds. The molecule has 0 unspecified atom stereocenters. The lowest BCUT2D eigenvalue weighted by Crippen LogP contribution is -2.06. The summed E-state index contributed by atoms with van der Waals surface area (Å²) >= 11 is 2.09. The molecule has 0 aliphatic heterocycles. The van der Waals surface area contributed by atoms with Crippen LogP contribution in [0.2, 0.25) is 0 Å². The zero-order chi connectivity index (χ0) is 11.2. The van der Waals surface area contributed by atoms with Crippen LogP contribution in [0.1, 0.15) is 5.69 Å². The van der Waals surface area contributed by atoms with E-state index < -0.39 is 9.84 Å². The molecule has 2 rings (SSSR count). The van der Waals surface area contributed by atoms with Gasteiger partial charge in [0.15, 0.2) is 20.5 Å². The second-order valence-electron chi connectivity index (χ2n) is 3.23. The molecule has 80 valence electrons. The van der Waals surface area contributed by atoms with Gasteiger partial charge in [0.2, 0.25) is 0 Å². The van der Waals surface area contributed by atoms with E-state index >= 15 is 0 Å². The molecule has 0 atom stereocenters. The molecule has 2 heterocycles. The summed E-state index contributed by atoms with van der Waals surface area (Å²) in [5.41, 5.74) is 1.03. The van der Waals surface area contributed by atoms with Gasteiger partial charge in [-0.2, -0.15) is 0 Å². The van der Waals surface area contributed by atoms with Crippen LogP contribution in [-0.4, -0.2) is 29.0 Å². The summed E-state index contributed by atoms with van der Waals surface area (Å²) in [4.78, 5) is 8.05. The Balaban J connectivity index is 2.97. The molecule has 0 saturated carbocycles. The van der Waals surface area contributed by atoms with Gasteiger partial charge < -0.3 is 0 Å². The number of rotatable bonds is 1. The lowest BCUT2D eigenvalue weighted by molar-refractivity contribution is 0.598. The highest BCUT2D eigenvalue weighted by Gasteiger charge is 2.17. The number of sulfone groups is 1. The van der Waals surface area contributed by atoms with Gasteiger partial charge in [-0.3, -0.25) is 4.40 Å². The van der Waals surface area contributed by atoms with Gasteiger partial charge in [0, 0.05) is 12.5 Å². The normalized spacial score (nSPS) is 12.2. The van der Waals surface area contributed by atoms with Crippen molar-refractivity contribution >= 4 is 38.1 Å². The second kappa shape index (κ2) is 3.41. The fourth-order valence-corrected chi connectivity index (χ4v) is 2.60. The third-order valence-corrected chi connectivity index (χ3v) is 3.66. The predicted octanol–water partition coefficient (Wildman–Crippen LogP) is 1.05. The van der Waals surface area contributed by atoms with Gasteiger partial charge in [0.05, 0.1) is 11.9 Å². The van der Waals surface area contributed by atoms with Gasteiger partial charge in [-0.25, -0.2) is 18.4 Å². The Hall–Kier alpha value is -0.700. The molecule has 2 aromatic rings. The topological polar surface area (TPSA) is 64.3 Å². The highest BCUT2D eigenvalue weighted by Crippen LogP contribution is 2.16. The third-order valence-electron chi connectivity index (χ3n) is 1.89. The van der Waals surface area contributed by atoms with Crippen LogP contribution in [0.15, 0.2) is 17.4 Å². The van der Waals surface area contributed by atoms with Gasteiger partial charge in [0.25, 0.3) is 0 Å². The van der Waals surface area contributed by atoms with Crippen molar-refractivity contribution in [3.63, 3.8) is 0 Å². The van der Waals surface area contributed by atoms with Gasteiger partial charge in [-0.1, -0.05) is 0 Å². The van der Waals surface area contributed by atoms with Gasteiger partial charge in [-0.05, 0) is 29.5 Å². The first-order chi connectivity index (χ1) is 6.89. The van der Waals surface area contributed by atoms with Crippen molar-refractivity contribution < 1.29 is 8.42 Å². The van der Waals surface area contributed by atoms with Crippen LogP contribution in [-0.2, 0) is 9.84 Å². The number of fused-ring (bicyclic) bond motifs is 1. The van der Waals surface area contributed by atoms with Crippen molar-refractivity contribution in [2.75, 3.05) is 6.26 Å². The Kier molecular flexibility index (Phi) is 2.45. The largest absolute Gasteiger partial charge is 0.291 e. The number of nitrogens with zero attached hydrogens (tertiary/aromatic N) is 3. The Morgan fingerprint density at radius 1 is 1.47 bits per heavy atom. The maximum Gasteiger partial charge on any atom is 0.198 e. The van der Waals surface area contributed by atoms with Crippen molar-refractivity contribution in [1.82, 2.24) is 14.4 Å². The van der Waals surface area contributed by atoms with Crippen LogP contribution in [0.4, 0.5) is 0 Å². The van der Waals surface area contributed by atoms with E-state index in [-0.39, 0.29) is 5.03 Å². The quantitative estimate of drug-likeness (QED) is 0.730. The van der Waals surface area contributed by atoms with E-state index in [9.17, 15) is 8.42 Å². The average Bonchev–Trinajstić information content (AvgIpc) is 2.45.